The molecule has 0 radical (unpaired) electrons. The van der Waals surface area contributed by atoms with Gasteiger partial charge in [-0.05, 0) is 36.6 Å². The van der Waals surface area contributed by atoms with Gasteiger partial charge in [-0.1, -0.05) is 31.5 Å². The molecule has 1 aromatic carbocycles. The van der Waals surface area contributed by atoms with Gasteiger partial charge >= 0.3 is 0 Å². The Morgan fingerprint density at radius 1 is 1.47 bits per heavy atom. The van der Waals surface area contributed by atoms with Crippen LogP contribution in [0.2, 0.25) is 5.02 Å². The zero-order valence-electron chi connectivity index (χ0n) is 11.6. The van der Waals surface area contributed by atoms with Crippen molar-refractivity contribution < 1.29 is 9.47 Å². The summed E-state index contributed by atoms with van der Waals surface area (Å²) in [4.78, 5) is 0. The molecular weight excluding hydrogens is 262 g/mol. The topological polar surface area (TPSA) is 44.5 Å². The van der Waals surface area contributed by atoms with Crippen LogP contribution in [0, 0.1) is 5.41 Å². The second-order valence-corrected chi connectivity index (χ2v) is 6.17. The summed E-state index contributed by atoms with van der Waals surface area (Å²) in [5.74, 6) is 1.17. The molecule has 4 heteroatoms. The van der Waals surface area contributed by atoms with E-state index in [0.29, 0.717) is 24.1 Å². The molecule has 1 aromatic rings. The molecule has 1 fully saturated rings. The first-order valence-electron chi connectivity index (χ1n) is 6.74. The normalized spacial score (nSPS) is 18.7. The molecule has 0 amide bonds. The van der Waals surface area contributed by atoms with Gasteiger partial charge in [-0.2, -0.15) is 0 Å². The Balaban J connectivity index is 1.98. The highest BCUT2D eigenvalue weighted by Crippen LogP contribution is 2.32. The van der Waals surface area contributed by atoms with Crippen molar-refractivity contribution in [3.05, 3.63) is 28.8 Å². The van der Waals surface area contributed by atoms with Gasteiger partial charge in [0.1, 0.15) is 5.75 Å². The highest BCUT2D eigenvalue weighted by molar-refractivity contribution is 6.32. The highest BCUT2D eigenvalue weighted by Gasteiger charge is 2.34. The molecule has 1 heterocycles. The van der Waals surface area contributed by atoms with E-state index in [0.717, 1.165) is 25.4 Å². The van der Waals surface area contributed by atoms with Gasteiger partial charge in [-0.25, -0.2) is 0 Å². The maximum Gasteiger partial charge on any atom is 0.137 e. The number of nitrogens with two attached hydrogens (primary N) is 1. The van der Waals surface area contributed by atoms with Gasteiger partial charge in [0.25, 0.3) is 0 Å². The van der Waals surface area contributed by atoms with Crippen LogP contribution in [0.15, 0.2) is 18.2 Å². The molecule has 3 nitrogen and oxygen atoms in total. The average Bonchev–Trinajstić information content (AvgIpc) is 2.35. The first-order valence-corrected chi connectivity index (χ1v) is 7.12. The molecule has 1 aliphatic heterocycles. The van der Waals surface area contributed by atoms with Crippen molar-refractivity contribution >= 4 is 11.6 Å². The third-order valence-electron chi connectivity index (χ3n) is 3.60. The summed E-state index contributed by atoms with van der Waals surface area (Å²) < 4.78 is 11.0. The average molecular weight is 284 g/mol. The molecule has 106 valence electrons. The van der Waals surface area contributed by atoms with Crippen molar-refractivity contribution in [3.63, 3.8) is 0 Å². The first kappa shape index (κ1) is 14.6. The number of benzene rings is 1. The van der Waals surface area contributed by atoms with Gasteiger partial charge in [-0.3, -0.25) is 0 Å². The van der Waals surface area contributed by atoms with E-state index < -0.39 is 0 Å². The molecule has 2 N–H and O–H groups in total. The maximum atomic E-state index is 6.28. The van der Waals surface area contributed by atoms with Crippen molar-refractivity contribution in [2.24, 2.45) is 11.1 Å². The van der Waals surface area contributed by atoms with Crippen molar-refractivity contribution in [2.75, 3.05) is 26.4 Å². The molecule has 1 atom stereocenters. The summed E-state index contributed by atoms with van der Waals surface area (Å²) in [6.45, 7) is 7.17. The number of halogens is 1. The van der Waals surface area contributed by atoms with Crippen molar-refractivity contribution in [1.82, 2.24) is 0 Å². The van der Waals surface area contributed by atoms with Crippen LogP contribution in [0.4, 0.5) is 0 Å². The second-order valence-electron chi connectivity index (χ2n) is 5.76. The Morgan fingerprint density at radius 3 is 2.74 bits per heavy atom. The minimum absolute atomic E-state index is 0.134. The Bertz CT molecular complexity index is 432. The predicted molar refractivity (Wildman–Crippen MR) is 78.0 cm³/mol. The molecule has 1 saturated heterocycles. The lowest BCUT2D eigenvalue weighted by atomic mass is 9.90. The molecule has 0 aliphatic carbocycles. The van der Waals surface area contributed by atoms with Crippen LogP contribution in [0.3, 0.4) is 0 Å². The van der Waals surface area contributed by atoms with Crippen LogP contribution in [-0.4, -0.2) is 26.4 Å². The van der Waals surface area contributed by atoms with Gasteiger partial charge < -0.3 is 15.2 Å². The van der Waals surface area contributed by atoms with E-state index in [1.807, 2.05) is 12.1 Å². The lowest BCUT2D eigenvalue weighted by Gasteiger charge is -2.37. The summed E-state index contributed by atoms with van der Waals surface area (Å²) in [5.41, 5.74) is 6.93. The van der Waals surface area contributed by atoms with Gasteiger partial charge in [0.2, 0.25) is 0 Å². The van der Waals surface area contributed by atoms with Crippen LogP contribution in [0.5, 0.6) is 5.75 Å². The summed E-state index contributed by atoms with van der Waals surface area (Å²) in [6, 6.07) is 6.01. The van der Waals surface area contributed by atoms with Crippen molar-refractivity contribution in [2.45, 2.75) is 26.2 Å². The Morgan fingerprint density at radius 2 is 2.21 bits per heavy atom. The van der Waals surface area contributed by atoms with Gasteiger partial charge in [0, 0.05) is 5.41 Å². The van der Waals surface area contributed by atoms with E-state index in [9.17, 15) is 0 Å². The Kier molecular flexibility index (Phi) is 4.71. The van der Waals surface area contributed by atoms with Crippen LogP contribution in [-0.2, 0) is 4.74 Å². The Hall–Kier alpha value is -0.770. The van der Waals surface area contributed by atoms with Crippen LogP contribution < -0.4 is 10.5 Å². The largest absolute Gasteiger partial charge is 0.491 e. The summed E-state index contributed by atoms with van der Waals surface area (Å²) in [6.07, 6.45) is 0.964. The molecular formula is C15H22ClNO2. The molecule has 0 aromatic heterocycles. The predicted octanol–water partition coefficient (Wildman–Crippen LogP) is 3.21. The SMILES string of the molecule is CC(CCN)c1ccc(OCC2(C)COC2)c(Cl)c1. The molecule has 2 rings (SSSR count). The summed E-state index contributed by atoms with van der Waals surface area (Å²) >= 11 is 6.28. The highest BCUT2D eigenvalue weighted by atomic mass is 35.5. The van der Waals surface area contributed by atoms with E-state index in [-0.39, 0.29) is 5.41 Å². The molecule has 0 spiro atoms. The summed E-state index contributed by atoms with van der Waals surface area (Å²) in [5, 5.41) is 0.671. The van der Waals surface area contributed by atoms with Gasteiger partial charge in [0.05, 0.1) is 24.8 Å². The number of ether oxygens (including phenoxy) is 2. The standard InChI is InChI=1S/C15H22ClNO2/c1-11(5-6-17)12-3-4-14(13(16)7-12)19-10-15(2)8-18-9-15/h3-4,7,11H,5-6,8-10,17H2,1-2H3. The van der Waals surface area contributed by atoms with E-state index in [1.165, 1.54) is 5.56 Å². The molecule has 1 aliphatic rings. The monoisotopic (exact) mass is 283 g/mol. The third kappa shape index (κ3) is 3.62. The minimum Gasteiger partial charge on any atom is -0.491 e. The van der Waals surface area contributed by atoms with Crippen LogP contribution >= 0.6 is 11.6 Å². The summed E-state index contributed by atoms with van der Waals surface area (Å²) in [7, 11) is 0. The lowest BCUT2D eigenvalue weighted by Crippen LogP contribution is -2.44. The van der Waals surface area contributed by atoms with Crippen LogP contribution in [0.1, 0.15) is 31.7 Å². The van der Waals surface area contributed by atoms with E-state index >= 15 is 0 Å². The molecule has 0 bridgehead atoms. The van der Waals surface area contributed by atoms with E-state index in [4.69, 9.17) is 26.8 Å². The molecule has 1 unspecified atom stereocenters. The molecule has 0 saturated carbocycles. The number of hydrogen-bond donors (Lipinski definition) is 1. The van der Waals surface area contributed by atoms with Gasteiger partial charge in [0.15, 0.2) is 0 Å². The van der Waals surface area contributed by atoms with E-state index in [2.05, 4.69) is 19.9 Å². The van der Waals surface area contributed by atoms with Crippen molar-refractivity contribution in [3.8, 4) is 5.75 Å². The fourth-order valence-corrected chi connectivity index (χ4v) is 2.39. The zero-order chi connectivity index (χ0) is 13.9. The fourth-order valence-electron chi connectivity index (χ4n) is 2.14. The smallest absolute Gasteiger partial charge is 0.137 e. The third-order valence-corrected chi connectivity index (χ3v) is 3.90. The number of rotatable bonds is 6. The first-order chi connectivity index (χ1) is 9.04. The minimum atomic E-state index is 0.134. The molecule has 19 heavy (non-hydrogen) atoms. The Labute approximate surface area is 120 Å². The maximum absolute atomic E-state index is 6.28. The number of hydrogen-bond acceptors (Lipinski definition) is 3. The zero-order valence-corrected chi connectivity index (χ0v) is 12.4. The van der Waals surface area contributed by atoms with Gasteiger partial charge in [-0.15, -0.1) is 0 Å². The lowest BCUT2D eigenvalue weighted by molar-refractivity contribution is -0.120. The van der Waals surface area contributed by atoms with E-state index in [1.54, 1.807) is 0 Å². The second kappa shape index (κ2) is 6.12. The van der Waals surface area contributed by atoms with Crippen molar-refractivity contribution in [1.29, 1.82) is 0 Å². The fraction of sp³-hybridized carbons (Fsp3) is 0.600. The quantitative estimate of drug-likeness (QED) is 0.872. The van der Waals surface area contributed by atoms with Crippen LogP contribution in [0.25, 0.3) is 0 Å².